The smallest absolute Gasteiger partial charge is 0.465 e. The van der Waals surface area contributed by atoms with Crippen LogP contribution in [-0.2, 0) is 19.0 Å². The van der Waals surface area contributed by atoms with E-state index < -0.39 is 6.16 Å². The summed E-state index contributed by atoms with van der Waals surface area (Å²) in [6, 6.07) is 0. The molecule has 0 saturated heterocycles. The normalized spacial score (nSPS) is 12.0. The molecule has 7 heteroatoms. The maximum absolute atomic E-state index is 12.7. The highest BCUT2D eigenvalue weighted by Gasteiger charge is 2.20. The minimum absolute atomic E-state index is 0.0175. The minimum Gasteiger partial charge on any atom is -0.465 e. The molecule has 0 rings (SSSR count). The van der Waals surface area contributed by atoms with Gasteiger partial charge in [0.2, 0.25) is 0 Å². The number of carbonyl (C=O) groups excluding carboxylic acids is 2. The summed E-state index contributed by atoms with van der Waals surface area (Å²) in [7, 11) is 0. The molecule has 0 radical (unpaired) electrons. The van der Waals surface area contributed by atoms with Crippen molar-refractivity contribution in [1.82, 2.24) is 4.90 Å². The molecule has 1 N–H and O–H groups in total. The number of esters is 1. The molecule has 0 fully saturated rings. The summed E-state index contributed by atoms with van der Waals surface area (Å²) >= 11 is 0. The van der Waals surface area contributed by atoms with Gasteiger partial charge in [-0.25, -0.2) is 4.79 Å². The van der Waals surface area contributed by atoms with Crippen molar-refractivity contribution in [1.29, 1.82) is 0 Å². The van der Waals surface area contributed by atoms with E-state index in [2.05, 4.69) is 46.4 Å². The van der Waals surface area contributed by atoms with Crippen molar-refractivity contribution in [2.75, 3.05) is 46.1 Å². The van der Waals surface area contributed by atoms with Crippen molar-refractivity contribution in [3.8, 4) is 0 Å². The lowest BCUT2D eigenvalue weighted by Crippen LogP contribution is -2.32. The highest BCUT2D eigenvalue weighted by atomic mass is 16.7. The van der Waals surface area contributed by atoms with Crippen LogP contribution < -0.4 is 0 Å². The van der Waals surface area contributed by atoms with Crippen LogP contribution in [0.3, 0.4) is 0 Å². The summed E-state index contributed by atoms with van der Waals surface area (Å²) in [5, 5.41) is 9.72. The average molecular weight is 824 g/mol. The first-order valence-corrected chi connectivity index (χ1v) is 25.5. The Balaban J connectivity index is 4.30. The molecule has 0 spiro atoms. The van der Waals surface area contributed by atoms with Crippen LogP contribution in [0.4, 0.5) is 4.79 Å². The molecule has 0 aromatic heterocycles. The lowest BCUT2D eigenvalue weighted by atomic mass is 9.83. The lowest BCUT2D eigenvalue weighted by Gasteiger charge is -2.29. The van der Waals surface area contributed by atoms with Crippen LogP contribution in [0, 0.1) is 17.3 Å². The van der Waals surface area contributed by atoms with Crippen LogP contribution in [0.25, 0.3) is 0 Å². The highest BCUT2D eigenvalue weighted by molar-refractivity contribution is 5.69. The van der Waals surface area contributed by atoms with Gasteiger partial charge in [-0.05, 0) is 88.1 Å². The monoisotopic (exact) mass is 824 g/mol. The third-order valence-corrected chi connectivity index (χ3v) is 12.4. The van der Waals surface area contributed by atoms with Gasteiger partial charge in [-0.2, -0.15) is 0 Å². The molecule has 7 nitrogen and oxygen atoms in total. The maximum Gasteiger partial charge on any atom is 0.508 e. The summed E-state index contributed by atoms with van der Waals surface area (Å²) in [6.45, 7) is 18.0. The van der Waals surface area contributed by atoms with Gasteiger partial charge in [-0.1, -0.05) is 189 Å². The summed E-state index contributed by atoms with van der Waals surface area (Å²) in [4.78, 5) is 27.4. The molecule has 0 atom stereocenters. The summed E-state index contributed by atoms with van der Waals surface area (Å²) in [5.74, 6) is 0.951. The van der Waals surface area contributed by atoms with E-state index >= 15 is 0 Å². The molecule has 0 saturated carbocycles. The van der Waals surface area contributed by atoms with Crippen LogP contribution in [0.15, 0.2) is 0 Å². The van der Waals surface area contributed by atoms with Gasteiger partial charge in [0.05, 0.1) is 26.4 Å². The van der Waals surface area contributed by atoms with Gasteiger partial charge < -0.3 is 24.2 Å². The van der Waals surface area contributed by atoms with Crippen LogP contribution in [0.5, 0.6) is 0 Å². The quantitative estimate of drug-likeness (QED) is 0.0483. The molecule has 0 amide bonds. The summed E-state index contributed by atoms with van der Waals surface area (Å²) in [6.07, 6.45) is 38.6. The number of hydrogen-bond acceptors (Lipinski definition) is 7. The minimum atomic E-state index is -0.505. The van der Waals surface area contributed by atoms with E-state index in [1.54, 1.807) is 0 Å². The topological polar surface area (TPSA) is 85.3 Å². The van der Waals surface area contributed by atoms with Gasteiger partial charge in [0.25, 0.3) is 0 Å². The van der Waals surface area contributed by atoms with Crippen LogP contribution >= 0.6 is 0 Å². The lowest BCUT2D eigenvalue weighted by molar-refractivity contribution is -0.145. The van der Waals surface area contributed by atoms with Crippen molar-refractivity contribution in [2.24, 2.45) is 17.3 Å². The number of hydrogen-bond donors (Lipinski definition) is 1. The molecule has 346 valence electrons. The second kappa shape index (κ2) is 42.4. The van der Waals surface area contributed by atoms with Gasteiger partial charge >= 0.3 is 12.1 Å². The fraction of sp³-hybridized carbons (Fsp3) is 0.961. The Kier molecular flexibility index (Phi) is 41.4. The predicted octanol–water partition coefficient (Wildman–Crippen LogP) is 15.2. The Morgan fingerprint density at radius 2 is 0.931 bits per heavy atom. The van der Waals surface area contributed by atoms with E-state index in [4.69, 9.17) is 14.2 Å². The fourth-order valence-electron chi connectivity index (χ4n) is 8.16. The third kappa shape index (κ3) is 38.8. The highest BCUT2D eigenvalue weighted by Crippen LogP contribution is 2.28. The van der Waals surface area contributed by atoms with Gasteiger partial charge in [0.15, 0.2) is 0 Å². The Hall–Kier alpha value is -1.34. The van der Waals surface area contributed by atoms with Gasteiger partial charge in [-0.15, -0.1) is 0 Å². The third-order valence-electron chi connectivity index (χ3n) is 12.4. The molecule has 0 aliphatic heterocycles. The number of nitrogens with zero attached hydrogens (tertiary/aromatic N) is 1. The molecule has 0 unspecified atom stereocenters. The molecule has 58 heavy (non-hydrogen) atoms. The fourth-order valence-corrected chi connectivity index (χ4v) is 8.16. The zero-order valence-corrected chi connectivity index (χ0v) is 39.9. The SMILES string of the molecule is CCCCCCCC(CCCCCCC)COC(=O)CCCCC(C)(C)CCN(CCO)CCCCCCOC(=O)OCC(CCCCCCC)CCCCCCC. The van der Waals surface area contributed by atoms with Crippen LogP contribution in [0.1, 0.15) is 253 Å². The Morgan fingerprint density at radius 3 is 1.41 bits per heavy atom. The van der Waals surface area contributed by atoms with E-state index in [0.717, 1.165) is 77.3 Å². The van der Waals surface area contributed by atoms with Gasteiger partial charge in [0.1, 0.15) is 0 Å². The summed E-state index contributed by atoms with van der Waals surface area (Å²) in [5.41, 5.74) is 0.188. The molecule has 0 aromatic carbocycles. The number of rotatable bonds is 45. The summed E-state index contributed by atoms with van der Waals surface area (Å²) < 4.78 is 16.9. The zero-order valence-electron chi connectivity index (χ0n) is 39.9. The first-order chi connectivity index (χ1) is 28.2. The second-order valence-corrected chi connectivity index (χ2v) is 18.7. The van der Waals surface area contributed by atoms with Crippen LogP contribution in [-0.4, -0.2) is 68.2 Å². The molecule has 0 heterocycles. The molecule has 0 bridgehead atoms. The first-order valence-electron chi connectivity index (χ1n) is 25.5. The standard InChI is InChI=1S/C51H101NO6/c1-7-11-15-19-25-33-47(34-26-20-16-12-8-2)45-57-49(54)37-29-30-38-51(5,6)39-41-52(42-43-53)40-31-23-24-32-44-56-50(55)58-46-48(35-27-21-17-13-9-3)36-28-22-18-14-10-4/h47-48,53H,7-46H2,1-6H3. The molecular formula is C51H101NO6. The van der Waals surface area contributed by atoms with Crippen LogP contribution in [0.2, 0.25) is 0 Å². The van der Waals surface area contributed by atoms with Crippen molar-refractivity contribution < 1.29 is 28.9 Å². The Bertz CT molecular complexity index is 853. The van der Waals surface area contributed by atoms with E-state index in [1.165, 1.54) is 141 Å². The van der Waals surface area contributed by atoms with Crippen molar-refractivity contribution in [3.05, 3.63) is 0 Å². The second-order valence-electron chi connectivity index (χ2n) is 18.7. The van der Waals surface area contributed by atoms with Crippen molar-refractivity contribution in [3.63, 3.8) is 0 Å². The van der Waals surface area contributed by atoms with E-state index in [-0.39, 0.29) is 18.0 Å². The van der Waals surface area contributed by atoms with Crippen molar-refractivity contribution >= 4 is 12.1 Å². The van der Waals surface area contributed by atoms with Gasteiger partial charge in [-0.3, -0.25) is 4.79 Å². The zero-order chi connectivity index (χ0) is 42.8. The van der Waals surface area contributed by atoms with E-state index in [0.29, 0.717) is 44.6 Å². The predicted molar refractivity (Wildman–Crippen MR) is 248 cm³/mol. The number of carbonyl (C=O) groups is 2. The Labute approximate surface area is 361 Å². The Morgan fingerprint density at radius 1 is 0.483 bits per heavy atom. The number of aliphatic hydroxyl groups is 1. The van der Waals surface area contributed by atoms with E-state index in [1.807, 2.05) is 0 Å². The average Bonchev–Trinajstić information content (AvgIpc) is 3.21. The van der Waals surface area contributed by atoms with Crippen molar-refractivity contribution in [2.45, 2.75) is 253 Å². The molecule has 0 aliphatic carbocycles. The number of aliphatic hydroxyl groups excluding tert-OH is 1. The molecule has 0 aliphatic rings. The largest absolute Gasteiger partial charge is 0.508 e. The maximum atomic E-state index is 12.7. The molecular weight excluding hydrogens is 723 g/mol. The first kappa shape index (κ1) is 56.7. The van der Waals surface area contributed by atoms with Gasteiger partial charge in [0, 0.05) is 13.0 Å². The molecule has 0 aromatic rings. The number of ether oxygens (including phenoxy) is 3. The number of unbranched alkanes of at least 4 members (excludes halogenated alkanes) is 20. The van der Waals surface area contributed by atoms with E-state index in [9.17, 15) is 14.7 Å².